The lowest BCUT2D eigenvalue weighted by atomic mass is 9.83. The predicted octanol–water partition coefficient (Wildman–Crippen LogP) is -0.858. The second kappa shape index (κ2) is 13.2. The summed E-state index contributed by atoms with van der Waals surface area (Å²) < 4.78 is 5.29. The molecule has 0 aliphatic carbocycles. The third-order valence-corrected chi connectivity index (χ3v) is 3.18. The highest BCUT2D eigenvalue weighted by molar-refractivity contribution is 6.40. The molecule has 116 valence electrons. The van der Waals surface area contributed by atoms with Gasteiger partial charge in [-0.05, 0) is 25.6 Å². The van der Waals surface area contributed by atoms with E-state index in [9.17, 15) is 0 Å². The molecule has 0 saturated carbocycles. The van der Waals surface area contributed by atoms with Crippen molar-refractivity contribution in [3.8, 4) is 0 Å². The van der Waals surface area contributed by atoms with Crippen LogP contribution in [0.1, 0.15) is 32.1 Å². The van der Waals surface area contributed by atoms with Crippen LogP contribution in [0.25, 0.3) is 0 Å². The van der Waals surface area contributed by atoms with Crippen LogP contribution < -0.4 is 11.1 Å². The minimum Gasteiger partial charge on any atom is -0.427 e. The van der Waals surface area contributed by atoms with Gasteiger partial charge in [0.05, 0.1) is 0 Å². The van der Waals surface area contributed by atoms with Crippen LogP contribution in [0, 0.1) is 0 Å². The second-order valence-electron chi connectivity index (χ2n) is 4.90. The van der Waals surface area contributed by atoms with Crippen molar-refractivity contribution in [2.45, 2.75) is 50.5 Å². The van der Waals surface area contributed by atoms with Crippen molar-refractivity contribution < 1.29 is 24.4 Å². The molecule has 1 unspecified atom stereocenters. The van der Waals surface area contributed by atoms with Crippen LogP contribution in [0.3, 0.4) is 0 Å². The summed E-state index contributed by atoms with van der Waals surface area (Å²) in [6.07, 6.45) is 5.55. The first-order chi connectivity index (χ1) is 9.60. The molecule has 0 amide bonds. The van der Waals surface area contributed by atoms with Gasteiger partial charge in [-0.2, -0.15) is 9.59 Å². The fourth-order valence-electron chi connectivity index (χ4n) is 2.06. The van der Waals surface area contributed by atoms with E-state index < -0.39 is 7.12 Å². The van der Waals surface area contributed by atoms with Gasteiger partial charge in [-0.25, -0.2) is 0 Å². The van der Waals surface area contributed by atoms with E-state index in [0.29, 0.717) is 12.4 Å². The Morgan fingerprint density at radius 1 is 1.30 bits per heavy atom. The van der Waals surface area contributed by atoms with Crippen molar-refractivity contribution in [3.05, 3.63) is 0 Å². The first-order valence-corrected chi connectivity index (χ1v) is 7.02. The van der Waals surface area contributed by atoms with Crippen LogP contribution in [-0.4, -0.2) is 55.2 Å². The standard InChI is InChI=1S/C11H25BN2O3.CO2/c13-10(3-1-2-6-12(15)16)9-14-11-4-7-17-8-5-11;2-1-3/h10-11,14-16H,1-9,13H2;. The first kappa shape index (κ1) is 19.2. The molecular weight excluding hydrogens is 263 g/mol. The molecule has 1 aliphatic heterocycles. The highest BCUT2D eigenvalue weighted by Gasteiger charge is 2.14. The summed E-state index contributed by atoms with van der Waals surface area (Å²) in [6, 6.07) is 0.711. The topological polar surface area (TPSA) is 122 Å². The first-order valence-electron chi connectivity index (χ1n) is 7.02. The molecule has 1 atom stereocenters. The largest absolute Gasteiger partial charge is 0.451 e. The summed E-state index contributed by atoms with van der Waals surface area (Å²) in [5.41, 5.74) is 5.99. The average molecular weight is 288 g/mol. The smallest absolute Gasteiger partial charge is 0.427 e. The van der Waals surface area contributed by atoms with Crippen molar-refractivity contribution in [1.82, 2.24) is 5.32 Å². The van der Waals surface area contributed by atoms with Gasteiger partial charge in [-0.3, -0.25) is 0 Å². The summed E-state index contributed by atoms with van der Waals surface area (Å²) in [7, 11) is -1.17. The second-order valence-corrected chi connectivity index (χ2v) is 4.90. The molecule has 5 N–H and O–H groups in total. The molecule has 1 aliphatic rings. The van der Waals surface area contributed by atoms with E-state index in [-0.39, 0.29) is 12.2 Å². The molecular formula is C12H25BN2O5. The van der Waals surface area contributed by atoms with Crippen LogP contribution in [0.5, 0.6) is 0 Å². The predicted molar refractivity (Wildman–Crippen MR) is 73.7 cm³/mol. The maximum atomic E-state index is 8.69. The van der Waals surface area contributed by atoms with E-state index in [0.717, 1.165) is 51.9 Å². The molecule has 0 aromatic heterocycles. The number of ether oxygens (including phenoxy) is 1. The third-order valence-electron chi connectivity index (χ3n) is 3.18. The Morgan fingerprint density at radius 3 is 2.45 bits per heavy atom. The minimum atomic E-state index is -1.17. The van der Waals surface area contributed by atoms with Crippen molar-refractivity contribution >= 4 is 13.3 Å². The van der Waals surface area contributed by atoms with Gasteiger partial charge in [0.25, 0.3) is 0 Å². The zero-order chi connectivity index (χ0) is 15.2. The fourth-order valence-corrected chi connectivity index (χ4v) is 2.06. The van der Waals surface area contributed by atoms with Crippen LogP contribution >= 0.6 is 0 Å². The Bertz CT molecular complexity index is 256. The molecule has 0 bridgehead atoms. The third kappa shape index (κ3) is 12.3. The Labute approximate surface area is 120 Å². The Balaban J connectivity index is 0.00000110. The van der Waals surface area contributed by atoms with Crippen LogP contribution in [0.2, 0.25) is 6.32 Å². The summed E-state index contributed by atoms with van der Waals surface area (Å²) in [5.74, 6) is 0. The maximum absolute atomic E-state index is 8.69. The van der Waals surface area contributed by atoms with E-state index in [2.05, 4.69) is 5.32 Å². The average Bonchev–Trinajstić information content (AvgIpc) is 2.43. The zero-order valence-electron chi connectivity index (χ0n) is 11.8. The number of nitrogens with two attached hydrogens (primary N) is 1. The molecule has 1 saturated heterocycles. The highest BCUT2D eigenvalue weighted by Crippen LogP contribution is 2.07. The van der Waals surface area contributed by atoms with E-state index in [1.807, 2.05) is 0 Å². The van der Waals surface area contributed by atoms with Gasteiger partial charge in [-0.1, -0.05) is 12.8 Å². The number of hydrogen-bond donors (Lipinski definition) is 4. The lowest BCUT2D eigenvalue weighted by Gasteiger charge is -2.24. The maximum Gasteiger partial charge on any atom is 0.451 e. The van der Waals surface area contributed by atoms with E-state index in [1.165, 1.54) is 0 Å². The number of unbranched alkanes of at least 4 members (excludes halogenated alkanes) is 1. The molecule has 0 aromatic rings. The zero-order valence-corrected chi connectivity index (χ0v) is 11.8. The van der Waals surface area contributed by atoms with Crippen LogP contribution in [0.4, 0.5) is 0 Å². The Kier molecular flexibility index (Phi) is 12.7. The molecule has 0 aromatic carbocycles. The molecule has 20 heavy (non-hydrogen) atoms. The van der Waals surface area contributed by atoms with Crippen molar-refractivity contribution in [1.29, 1.82) is 0 Å². The molecule has 1 fully saturated rings. The van der Waals surface area contributed by atoms with E-state index >= 15 is 0 Å². The monoisotopic (exact) mass is 288 g/mol. The fraction of sp³-hybridized carbons (Fsp3) is 0.917. The summed E-state index contributed by atoms with van der Waals surface area (Å²) >= 11 is 0. The van der Waals surface area contributed by atoms with Gasteiger partial charge >= 0.3 is 13.3 Å². The van der Waals surface area contributed by atoms with Gasteiger partial charge in [0.1, 0.15) is 0 Å². The van der Waals surface area contributed by atoms with Crippen molar-refractivity contribution in [3.63, 3.8) is 0 Å². The SMILES string of the molecule is NC(CCCCB(O)O)CNC1CCOCC1.O=C=O. The summed E-state index contributed by atoms with van der Waals surface area (Å²) in [4.78, 5) is 16.2. The van der Waals surface area contributed by atoms with Gasteiger partial charge in [0.15, 0.2) is 0 Å². The van der Waals surface area contributed by atoms with E-state index in [1.54, 1.807) is 0 Å². The van der Waals surface area contributed by atoms with Crippen LogP contribution in [-0.2, 0) is 14.3 Å². The Morgan fingerprint density at radius 2 is 1.90 bits per heavy atom. The van der Waals surface area contributed by atoms with Crippen molar-refractivity contribution in [2.75, 3.05) is 19.8 Å². The summed E-state index contributed by atoms with van der Waals surface area (Å²) in [6.45, 7) is 2.54. The van der Waals surface area contributed by atoms with E-state index in [4.69, 9.17) is 30.1 Å². The summed E-state index contributed by atoms with van der Waals surface area (Å²) in [5, 5.41) is 20.8. The normalized spacial score (nSPS) is 16.8. The minimum absolute atomic E-state index is 0.161. The van der Waals surface area contributed by atoms with Gasteiger partial charge < -0.3 is 25.8 Å². The molecule has 1 rings (SSSR count). The molecule has 0 radical (unpaired) electrons. The molecule has 8 heteroatoms. The lowest BCUT2D eigenvalue weighted by Crippen LogP contribution is -2.42. The van der Waals surface area contributed by atoms with Gasteiger partial charge in [0.2, 0.25) is 0 Å². The number of nitrogens with one attached hydrogen (secondary N) is 1. The van der Waals surface area contributed by atoms with Crippen molar-refractivity contribution in [2.24, 2.45) is 5.73 Å². The Hall–Kier alpha value is -0.755. The highest BCUT2D eigenvalue weighted by atomic mass is 16.5. The molecule has 1 heterocycles. The lowest BCUT2D eigenvalue weighted by molar-refractivity contribution is -0.191. The number of hydrogen-bond acceptors (Lipinski definition) is 7. The van der Waals surface area contributed by atoms with Gasteiger partial charge in [0, 0.05) is 31.8 Å². The molecule has 7 nitrogen and oxygen atoms in total. The number of carbonyl (C=O) groups excluding carboxylic acids is 2. The van der Waals surface area contributed by atoms with Gasteiger partial charge in [-0.15, -0.1) is 0 Å². The number of rotatable bonds is 8. The quantitative estimate of drug-likeness (QED) is 0.338. The molecule has 0 spiro atoms. The van der Waals surface area contributed by atoms with Crippen LogP contribution in [0.15, 0.2) is 0 Å².